The SMILES string of the molecule is Cl.Cl.c1ccc(COC2CCN(CCSC3=NCc4ccccc4N3)C2)cc1. The number of nitrogens with zero attached hydrogens (tertiary/aromatic N) is 2. The fourth-order valence-corrected chi connectivity index (χ4v) is 4.25. The van der Waals surface area contributed by atoms with Gasteiger partial charge in [0.1, 0.15) is 0 Å². The van der Waals surface area contributed by atoms with Gasteiger partial charge >= 0.3 is 0 Å². The molecule has 1 saturated heterocycles. The number of halogens is 2. The fraction of sp³-hybridized carbons (Fsp3) is 0.381. The lowest BCUT2D eigenvalue weighted by Gasteiger charge is -2.19. The second kappa shape index (κ2) is 11.7. The third-order valence-electron chi connectivity index (χ3n) is 4.86. The summed E-state index contributed by atoms with van der Waals surface area (Å²) in [5, 5.41) is 4.48. The lowest BCUT2D eigenvalue weighted by Crippen LogP contribution is -2.26. The van der Waals surface area contributed by atoms with Crippen molar-refractivity contribution in [2.45, 2.75) is 25.7 Å². The number of amidine groups is 1. The molecule has 1 N–H and O–H groups in total. The topological polar surface area (TPSA) is 36.9 Å². The van der Waals surface area contributed by atoms with Gasteiger partial charge in [-0.15, -0.1) is 24.8 Å². The molecule has 28 heavy (non-hydrogen) atoms. The lowest BCUT2D eigenvalue weighted by atomic mass is 10.1. The van der Waals surface area contributed by atoms with Crippen molar-refractivity contribution in [3.05, 3.63) is 65.7 Å². The Morgan fingerprint density at radius 3 is 2.71 bits per heavy atom. The number of anilines is 1. The van der Waals surface area contributed by atoms with E-state index in [1.165, 1.54) is 16.8 Å². The summed E-state index contributed by atoms with van der Waals surface area (Å²) in [6.07, 6.45) is 1.49. The number of para-hydroxylation sites is 1. The van der Waals surface area contributed by atoms with E-state index in [4.69, 9.17) is 4.74 Å². The summed E-state index contributed by atoms with van der Waals surface area (Å²) < 4.78 is 6.07. The van der Waals surface area contributed by atoms with Gasteiger partial charge in [-0.05, 0) is 23.6 Å². The average Bonchev–Trinajstić information content (AvgIpc) is 3.15. The van der Waals surface area contributed by atoms with Crippen molar-refractivity contribution in [3.8, 4) is 0 Å². The predicted molar refractivity (Wildman–Crippen MR) is 124 cm³/mol. The summed E-state index contributed by atoms with van der Waals surface area (Å²) >= 11 is 1.82. The van der Waals surface area contributed by atoms with Gasteiger partial charge in [0, 0.05) is 31.1 Å². The van der Waals surface area contributed by atoms with E-state index in [-0.39, 0.29) is 24.8 Å². The van der Waals surface area contributed by atoms with Gasteiger partial charge in [0.2, 0.25) is 0 Å². The number of likely N-dealkylation sites (tertiary alicyclic amines) is 1. The minimum Gasteiger partial charge on any atom is -0.372 e. The third-order valence-corrected chi connectivity index (χ3v) is 5.75. The van der Waals surface area contributed by atoms with Gasteiger partial charge in [0.25, 0.3) is 0 Å². The number of ether oxygens (including phenoxy) is 1. The van der Waals surface area contributed by atoms with E-state index in [0.717, 1.165) is 43.5 Å². The lowest BCUT2D eigenvalue weighted by molar-refractivity contribution is 0.0471. The van der Waals surface area contributed by atoms with E-state index in [2.05, 4.69) is 63.7 Å². The Bertz CT molecular complexity index is 760. The summed E-state index contributed by atoms with van der Waals surface area (Å²) in [4.78, 5) is 7.14. The number of rotatable bonds is 6. The van der Waals surface area contributed by atoms with Crippen molar-refractivity contribution in [1.29, 1.82) is 0 Å². The highest BCUT2D eigenvalue weighted by molar-refractivity contribution is 8.14. The maximum Gasteiger partial charge on any atom is 0.161 e. The number of hydrogen-bond acceptors (Lipinski definition) is 5. The van der Waals surface area contributed by atoms with Crippen LogP contribution in [0.25, 0.3) is 0 Å². The van der Waals surface area contributed by atoms with Crippen molar-refractivity contribution in [2.75, 3.05) is 30.7 Å². The van der Waals surface area contributed by atoms with E-state index in [1.807, 2.05) is 17.8 Å². The second-order valence-electron chi connectivity index (χ2n) is 6.76. The Kier molecular flexibility index (Phi) is 9.62. The molecule has 0 spiro atoms. The number of nitrogens with one attached hydrogen (secondary N) is 1. The van der Waals surface area contributed by atoms with Gasteiger partial charge in [0.05, 0.1) is 19.3 Å². The molecule has 0 amide bonds. The smallest absolute Gasteiger partial charge is 0.161 e. The van der Waals surface area contributed by atoms with Gasteiger partial charge in [-0.25, -0.2) is 0 Å². The minimum atomic E-state index is 0. The average molecular weight is 440 g/mol. The maximum absolute atomic E-state index is 6.07. The first-order valence-electron chi connectivity index (χ1n) is 9.27. The summed E-state index contributed by atoms with van der Waals surface area (Å²) in [6.45, 7) is 4.75. The van der Waals surface area contributed by atoms with Crippen LogP contribution in [0.1, 0.15) is 17.5 Å². The van der Waals surface area contributed by atoms with Crippen molar-refractivity contribution in [3.63, 3.8) is 0 Å². The van der Waals surface area contributed by atoms with E-state index >= 15 is 0 Å². The van der Waals surface area contributed by atoms with E-state index < -0.39 is 0 Å². The van der Waals surface area contributed by atoms with Gasteiger partial charge in [-0.1, -0.05) is 60.3 Å². The summed E-state index contributed by atoms with van der Waals surface area (Å²) in [5.74, 6) is 1.05. The summed E-state index contributed by atoms with van der Waals surface area (Å²) in [7, 11) is 0. The Morgan fingerprint density at radius 2 is 1.86 bits per heavy atom. The first-order chi connectivity index (χ1) is 12.9. The molecule has 0 bridgehead atoms. The Morgan fingerprint density at radius 1 is 1.07 bits per heavy atom. The molecular weight excluding hydrogens is 413 g/mol. The van der Waals surface area contributed by atoms with Crippen LogP contribution >= 0.6 is 36.6 Å². The quantitative estimate of drug-likeness (QED) is 0.698. The van der Waals surface area contributed by atoms with Gasteiger partial charge in [0.15, 0.2) is 5.17 Å². The van der Waals surface area contributed by atoms with Crippen molar-refractivity contribution in [1.82, 2.24) is 4.90 Å². The fourth-order valence-electron chi connectivity index (χ4n) is 3.37. The molecule has 0 aliphatic carbocycles. The van der Waals surface area contributed by atoms with E-state index in [9.17, 15) is 0 Å². The Labute approximate surface area is 184 Å². The molecule has 1 unspecified atom stereocenters. The molecule has 2 heterocycles. The monoisotopic (exact) mass is 439 g/mol. The highest BCUT2D eigenvalue weighted by Gasteiger charge is 2.23. The molecule has 4 rings (SSSR count). The number of thioether (sulfide) groups is 1. The van der Waals surface area contributed by atoms with Crippen LogP contribution in [-0.2, 0) is 17.9 Å². The molecule has 4 nitrogen and oxygen atoms in total. The highest BCUT2D eigenvalue weighted by Crippen LogP contribution is 2.23. The van der Waals surface area contributed by atoms with Gasteiger partial charge in [-0.3, -0.25) is 9.89 Å². The molecule has 7 heteroatoms. The van der Waals surface area contributed by atoms with Crippen LogP contribution in [0, 0.1) is 0 Å². The molecular formula is C21H27Cl2N3OS. The van der Waals surface area contributed by atoms with Gasteiger partial charge < -0.3 is 10.1 Å². The molecule has 2 aromatic rings. The van der Waals surface area contributed by atoms with Crippen LogP contribution in [0.15, 0.2) is 59.6 Å². The van der Waals surface area contributed by atoms with Crippen LogP contribution in [0.4, 0.5) is 5.69 Å². The summed E-state index contributed by atoms with van der Waals surface area (Å²) in [6, 6.07) is 18.8. The molecule has 0 saturated carbocycles. The number of aliphatic imine (C=N–C) groups is 1. The van der Waals surface area contributed by atoms with Crippen LogP contribution < -0.4 is 5.32 Å². The van der Waals surface area contributed by atoms with Crippen molar-refractivity contribution < 1.29 is 4.74 Å². The molecule has 2 aliphatic heterocycles. The third kappa shape index (κ3) is 6.39. The molecule has 0 aromatic heterocycles. The largest absolute Gasteiger partial charge is 0.372 e. The molecule has 2 aromatic carbocycles. The Balaban J connectivity index is 0.00000140. The number of hydrogen-bond donors (Lipinski definition) is 1. The normalized spacial score (nSPS) is 18.3. The van der Waals surface area contributed by atoms with Crippen LogP contribution in [0.3, 0.4) is 0 Å². The molecule has 0 radical (unpaired) electrons. The first kappa shape index (κ1) is 23.0. The zero-order chi connectivity index (χ0) is 17.6. The van der Waals surface area contributed by atoms with Crippen molar-refractivity contribution in [2.24, 2.45) is 4.99 Å². The maximum atomic E-state index is 6.07. The van der Waals surface area contributed by atoms with Gasteiger partial charge in [-0.2, -0.15) is 0 Å². The number of fused-ring (bicyclic) bond motifs is 1. The molecule has 1 atom stereocenters. The zero-order valence-electron chi connectivity index (χ0n) is 15.8. The minimum absolute atomic E-state index is 0. The highest BCUT2D eigenvalue weighted by atomic mass is 35.5. The molecule has 2 aliphatic rings. The van der Waals surface area contributed by atoms with E-state index in [1.54, 1.807) is 0 Å². The van der Waals surface area contributed by atoms with Crippen molar-refractivity contribution >= 4 is 47.4 Å². The standard InChI is InChI=1S/C21H25N3OS.2ClH/c1-2-6-17(7-3-1)16-25-19-10-11-24(15-19)12-13-26-21-22-14-18-8-4-5-9-20(18)23-21;;/h1-9,19H,10-16H2,(H,22,23);2*1H. The zero-order valence-corrected chi connectivity index (χ0v) is 18.2. The Hall–Kier alpha value is -1.24. The van der Waals surface area contributed by atoms with E-state index in [0.29, 0.717) is 12.7 Å². The predicted octanol–water partition coefficient (Wildman–Crippen LogP) is 4.84. The summed E-state index contributed by atoms with van der Waals surface area (Å²) in [5.41, 5.74) is 3.72. The van der Waals surface area contributed by atoms with Crippen LogP contribution in [0.2, 0.25) is 0 Å². The molecule has 1 fully saturated rings. The van der Waals surface area contributed by atoms with Crippen LogP contribution in [0.5, 0.6) is 0 Å². The first-order valence-corrected chi connectivity index (χ1v) is 10.3. The van der Waals surface area contributed by atoms with Crippen LogP contribution in [-0.4, -0.2) is 41.6 Å². The number of benzene rings is 2. The molecule has 152 valence electrons. The second-order valence-corrected chi connectivity index (χ2v) is 7.84.